The first-order valence-electron chi connectivity index (χ1n) is 7.81. The molecule has 0 unspecified atom stereocenters. The van der Waals surface area contributed by atoms with Crippen LogP contribution in [0.15, 0.2) is 18.2 Å². The quantitative estimate of drug-likeness (QED) is 0.492. The lowest BCUT2D eigenvalue weighted by molar-refractivity contribution is -0.115. The van der Waals surface area contributed by atoms with E-state index in [-0.39, 0.29) is 0 Å². The van der Waals surface area contributed by atoms with Crippen LogP contribution in [0.4, 0.5) is 27.6 Å². The molecule has 1 N–H and O–H groups in total. The van der Waals surface area contributed by atoms with E-state index in [0.717, 1.165) is 36.8 Å². The number of aryl methyl sites for hydroxylation is 1. The zero-order chi connectivity index (χ0) is 18.1. The van der Waals surface area contributed by atoms with E-state index in [0.29, 0.717) is 5.69 Å². The molecule has 0 saturated heterocycles. The average Bonchev–Trinajstić information content (AvgIpc) is 2.62. The average molecular weight is 355 g/mol. The minimum atomic E-state index is -2.24. The van der Waals surface area contributed by atoms with Gasteiger partial charge in [-0.1, -0.05) is 12.1 Å². The molecule has 0 aliphatic heterocycles. The molecule has 0 radical (unpaired) electrons. The molecular formula is C18H14F5NO. The van der Waals surface area contributed by atoms with Crippen LogP contribution in [0.5, 0.6) is 0 Å². The smallest absolute Gasteiger partial charge is 0.229 e. The molecule has 0 fully saturated rings. The minimum absolute atomic E-state index is 0.506. The standard InChI is InChI=1S/C18H14F5NO/c19-14-11(15(20)17(22)18(23)16(14)21)8-13(25)24-12-7-3-5-9-4-1-2-6-10(9)12/h3,5,7H,1-2,4,6,8H2,(H,24,25). The van der Waals surface area contributed by atoms with Crippen molar-refractivity contribution in [3.05, 3.63) is 64.0 Å². The summed E-state index contributed by atoms with van der Waals surface area (Å²) in [6.07, 6.45) is 2.67. The van der Waals surface area contributed by atoms with Gasteiger partial charge in [0.15, 0.2) is 23.3 Å². The zero-order valence-electron chi connectivity index (χ0n) is 13.1. The lowest BCUT2D eigenvalue weighted by Gasteiger charge is -2.19. The molecule has 0 aromatic heterocycles. The monoisotopic (exact) mass is 355 g/mol. The van der Waals surface area contributed by atoms with E-state index >= 15 is 0 Å². The van der Waals surface area contributed by atoms with E-state index < -0.39 is 47.0 Å². The van der Waals surface area contributed by atoms with Gasteiger partial charge < -0.3 is 5.32 Å². The Balaban J connectivity index is 1.85. The number of halogens is 5. The van der Waals surface area contributed by atoms with Gasteiger partial charge in [0, 0.05) is 11.3 Å². The number of rotatable bonds is 3. The molecule has 1 aliphatic carbocycles. The summed E-state index contributed by atoms with van der Waals surface area (Å²) in [7, 11) is 0. The van der Waals surface area contributed by atoms with Gasteiger partial charge in [-0.2, -0.15) is 0 Å². The summed E-state index contributed by atoms with van der Waals surface area (Å²) in [4.78, 5) is 12.1. The van der Waals surface area contributed by atoms with E-state index in [4.69, 9.17) is 0 Å². The predicted octanol–water partition coefficient (Wildman–Crippen LogP) is 4.44. The SMILES string of the molecule is O=C(Cc1c(F)c(F)c(F)c(F)c1F)Nc1cccc2c1CCCC2. The van der Waals surface area contributed by atoms with Crippen LogP contribution in [-0.2, 0) is 24.1 Å². The Hall–Kier alpha value is -2.44. The van der Waals surface area contributed by atoms with Crippen LogP contribution in [0, 0.1) is 29.1 Å². The van der Waals surface area contributed by atoms with Crippen LogP contribution >= 0.6 is 0 Å². The Morgan fingerprint density at radius 3 is 2.16 bits per heavy atom. The highest BCUT2D eigenvalue weighted by molar-refractivity contribution is 5.93. The van der Waals surface area contributed by atoms with Crippen molar-refractivity contribution < 1.29 is 26.7 Å². The Kier molecular flexibility index (Phi) is 4.74. The fourth-order valence-corrected chi connectivity index (χ4v) is 3.06. The Bertz CT molecular complexity index is 821. The zero-order valence-corrected chi connectivity index (χ0v) is 13.1. The maximum absolute atomic E-state index is 13.7. The minimum Gasteiger partial charge on any atom is -0.326 e. The Labute approximate surface area is 140 Å². The molecule has 0 saturated carbocycles. The van der Waals surface area contributed by atoms with Crippen molar-refractivity contribution in [1.82, 2.24) is 0 Å². The normalized spacial score (nSPS) is 13.5. The van der Waals surface area contributed by atoms with E-state index in [2.05, 4.69) is 5.32 Å². The number of carbonyl (C=O) groups excluding carboxylic acids is 1. The maximum Gasteiger partial charge on any atom is 0.229 e. The predicted molar refractivity (Wildman–Crippen MR) is 81.6 cm³/mol. The van der Waals surface area contributed by atoms with Gasteiger partial charge in [0.05, 0.1) is 6.42 Å². The van der Waals surface area contributed by atoms with Crippen LogP contribution < -0.4 is 5.32 Å². The fraction of sp³-hybridized carbons (Fsp3) is 0.278. The summed E-state index contributed by atoms with van der Waals surface area (Å²) < 4.78 is 66.8. The number of amides is 1. The van der Waals surface area contributed by atoms with Gasteiger partial charge in [-0.15, -0.1) is 0 Å². The van der Waals surface area contributed by atoms with Gasteiger partial charge in [-0.05, 0) is 42.9 Å². The van der Waals surface area contributed by atoms with Crippen LogP contribution in [0.3, 0.4) is 0 Å². The van der Waals surface area contributed by atoms with Gasteiger partial charge in [0.1, 0.15) is 0 Å². The number of nitrogens with one attached hydrogen (secondary N) is 1. The van der Waals surface area contributed by atoms with Crippen LogP contribution in [-0.4, -0.2) is 5.91 Å². The summed E-state index contributed by atoms with van der Waals surface area (Å²) in [6, 6.07) is 5.34. The molecule has 0 bridgehead atoms. The molecule has 25 heavy (non-hydrogen) atoms. The largest absolute Gasteiger partial charge is 0.326 e. The molecule has 0 spiro atoms. The van der Waals surface area contributed by atoms with E-state index in [1.54, 1.807) is 12.1 Å². The van der Waals surface area contributed by atoms with Crippen molar-refractivity contribution in [3.63, 3.8) is 0 Å². The first-order chi connectivity index (χ1) is 11.9. The van der Waals surface area contributed by atoms with Crippen molar-refractivity contribution in [1.29, 1.82) is 0 Å². The topological polar surface area (TPSA) is 29.1 Å². The molecule has 0 atom stereocenters. The van der Waals surface area contributed by atoms with E-state index in [1.165, 1.54) is 0 Å². The molecule has 0 heterocycles. The number of benzene rings is 2. The van der Waals surface area contributed by atoms with Crippen molar-refractivity contribution in [2.45, 2.75) is 32.1 Å². The van der Waals surface area contributed by atoms with Crippen molar-refractivity contribution in [2.24, 2.45) is 0 Å². The molecule has 1 amide bonds. The highest BCUT2D eigenvalue weighted by atomic mass is 19.2. The third kappa shape index (κ3) is 3.23. The van der Waals surface area contributed by atoms with E-state index in [9.17, 15) is 26.7 Å². The Morgan fingerprint density at radius 1 is 0.880 bits per heavy atom. The summed E-state index contributed by atoms with van der Waals surface area (Å²) in [5.41, 5.74) is 1.39. The molecule has 3 rings (SSSR count). The van der Waals surface area contributed by atoms with Gasteiger partial charge in [-0.25, -0.2) is 22.0 Å². The summed E-state index contributed by atoms with van der Waals surface area (Å²) >= 11 is 0. The third-order valence-corrected chi connectivity index (χ3v) is 4.31. The van der Waals surface area contributed by atoms with Crippen molar-refractivity contribution in [2.75, 3.05) is 5.32 Å². The van der Waals surface area contributed by atoms with E-state index in [1.807, 2.05) is 6.07 Å². The summed E-state index contributed by atoms with van der Waals surface area (Å²) in [5, 5.41) is 2.52. The number of hydrogen-bond acceptors (Lipinski definition) is 1. The van der Waals surface area contributed by atoms with Crippen LogP contribution in [0.25, 0.3) is 0 Å². The molecule has 2 nitrogen and oxygen atoms in total. The molecule has 7 heteroatoms. The van der Waals surface area contributed by atoms with Crippen molar-refractivity contribution in [3.8, 4) is 0 Å². The molecule has 1 aliphatic rings. The second kappa shape index (κ2) is 6.82. The van der Waals surface area contributed by atoms with Crippen LogP contribution in [0.2, 0.25) is 0 Å². The second-order valence-corrected chi connectivity index (χ2v) is 5.92. The van der Waals surface area contributed by atoms with Crippen LogP contribution in [0.1, 0.15) is 29.5 Å². The molecule has 2 aromatic carbocycles. The number of carbonyl (C=O) groups is 1. The maximum atomic E-state index is 13.7. The van der Waals surface area contributed by atoms with Gasteiger partial charge in [-0.3, -0.25) is 4.79 Å². The number of hydrogen-bond donors (Lipinski definition) is 1. The summed E-state index contributed by atoms with van der Waals surface area (Å²) in [5.74, 6) is -11.2. The highest BCUT2D eigenvalue weighted by Gasteiger charge is 2.27. The van der Waals surface area contributed by atoms with Gasteiger partial charge >= 0.3 is 0 Å². The molecule has 132 valence electrons. The third-order valence-electron chi connectivity index (χ3n) is 4.31. The first-order valence-corrected chi connectivity index (χ1v) is 7.81. The fourth-order valence-electron chi connectivity index (χ4n) is 3.06. The number of fused-ring (bicyclic) bond motifs is 1. The van der Waals surface area contributed by atoms with Crippen molar-refractivity contribution >= 4 is 11.6 Å². The second-order valence-electron chi connectivity index (χ2n) is 5.92. The van der Waals surface area contributed by atoms with Gasteiger partial charge in [0.2, 0.25) is 11.7 Å². The Morgan fingerprint density at radius 2 is 1.48 bits per heavy atom. The highest BCUT2D eigenvalue weighted by Crippen LogP contribution is 2.28. The number of anilines is 1. The lowest BCUT2D eigenvalue weighted by Crippen LogP contribution is -2.20. The first kappa shape index (κ1) is 17.4. The summed E-state index contributed by atoms with van der Waals surface area (Å²) in [6.45, 7) is 0. The molecule has 2 aromatic rings. The molecular weight excluding hydrogens is 341 g/mol. The van der Waals surface area contributed by atoms with Gasteiger partial charge in [0.25, 0.3) is 0 Å². The lowest BCUT2D eigenvalue weighted by atomic mass is 9.90.